The summed E-state index contributed by atoms with van der Waals surface area (Å²) in [5.74, 6) is -1.13. The summed E-state index contributed by atoms with van der Waals surface area (Å²) in [6.45, 7) is 0.0545. The fourth-order valence-corrected chi connectivity index (χ4v) is 3.61. The van der Waals surface area contributed by atoms with E-state index >= 15 is 0 Å². The molecule has 0 unspecified atom stereocenters. The summed E-state index contributed by atoms with van der Waals surface area (Å²) in [5.41, 5.74) is 0.755. The molecule has 9 heteroatoms. The Balaban J connectivity index is 1.67. The Bertz CT molecular complexity index is 1430. The first kappa shape index (κ1) is 21.8. The van der Waals surface area contributed by atoms with Crippen molar-refractivity contribution < 1.29 is 14.6 Å². The number of aliphatic imine (C=N–C) groups is 1. The Morgan fingerprint density at radius 1 is 1.15 bits per heavy atom. The van der Waals surface area contributed by atoms with Gasteiger partial charge in [0.15, 0.2) is 6.04 Å². The normalized spacial score (nSPS) is 12.3. The Morgan fingerprint density at radius 2 is 1.88 bits per heavy atom. The molecule has 0 spiro atoms. The molecule has 4 aromatic rings. The summed E-state index contributed by atoms with van der Waals surface area (Å²) >= 11 is 0. The molecule has 3 N–H and O–H groups in total. The summed E-state index contributed by atoms with van der Waals surface area (Å²) in [6.07, 6.45) is 3.11. The number of para-hydroxylation sites is 1. The highest BCUT2D eigenvalue weighted by Gasteiger charge is 2.21. The standard InChI is InChI=1S/C24H22N4O5/c1-33-23(31)20(11-16-12-25-19-10-6-5-9-17(16)19)26-13-18-21(29)27-24(32)28(22(18)30)14-15-7-3-2-4-8-15/h2-10,12-13,20,25,30H,11,14H2,1H3,(H,27,29,32)/t20-/m0/s1. The first-order chi connectivity index (χ1) is 16.0. The lowest BCUT2D eigenvalue weighted by Crippen LogP contribution is -2.33. The smallest absolute Gasteiger partial charge is 0.331 e. The van der Waals surface area contributed by atoms with Crippen molar-refractivity contribution >= 4 is 23.1 Å². The Kier molecular flexibility index (Phi) is 6.21. The van der Waals surface area contributed by atoms with Crippen LogP contribution >= 0.6 is 0 Å². The highest BCUT2D eigenvalue weighted by molar-refractivity contribution is 5.87. The average Bonchev–Trinajstić information content (AvgIpc) is 3.23. The van der Waals surface area contributed by atoms with Gasteiger partial charge in [-0.3, -0.25) is 19.3 Å². The van der Waals surface area contributed by atoms with Gasteiger partial charge in [0.25, 0.3) is 5.56 Å². The number of carbonyl (C=O) groups is 1. The number of hydrogen-bond acceptors (Lipinski definition) is 6. The molecule has 0 fully saturated rings. The van der Waals surface area contributed by atoms with Crippen LogP contribution in [0.4, 0.5) is 0 Å². The minimum Gasteiger partial charge on any atom is -0.494 e. The molecule has 1 atom stereocenters. The zero-order valence-electron chi connectivity index (χ0n) is 17.8. The summed E-state index contributed by atoms with van der Waals surface area (Å²) in [5, 5.41) is 11.6. The minimum atomic E-state index is -0.956. The lowest BCUT2D eigenvalue weighted by atomic mass is 10.1. The number of rotatable bonds is 7. The first-order valence-electron chi connectivity index (χ1n) is 10.2. The third kappa shape index (κ3) is 4.62. The van der Waals surface area contributed by atoms with E-state index in [2.05, 4.69) is 15.0 Å². The van der Waals surface area contributed by atoms with Crippen LogP contribution < -0.4 is 11.2 Å². The fourth-order valence-electron chi connectivity index (χ4n) is 3.61. The van der Waals surface area contributed by atoms with E-state index in [1.165, 1.54) is 7.11 Å². The van der Waals surface area contributed by atoms with Gasteiger partial charge in [-0.05, 0) is 17.2 Å². The van der Waals surface area contributed by atoms with Gasteiger partial charge in [0.1, 0.15) is 5.56 Å². The molecule has 33 heavy (non-hydrogen) atoms. The maximum absolute atomic E-state index is 12.4. The third-order valence-electron chi connectivity index (χ3n) is 5.34. The highest BCUT2D eigenvalue weighted by Crippen LogP contribution is 2.20. The largest absolute Gasteiger partial charge is 0.494 e. The summed E-state index contributed by atoms with van der Waals surface area (Å²) < 4.78 is 5.91. The number of aromatic hydroxyl groups is 1. The lowest BCUT2D eigenvalue weighted by molar-refractivity contribution is -0.142. The second-order valence-electron chi connectivity index (χ2n) is 7.45. The van der Waals surface area contributed by atoms with Gasteiger partial charge in [0, 0.05) is 29.7 Å². The Morgan fingerprint density at radius 3 is 2.64 bits per heavy atom. The van der Waals surface area contributed by atoms with E-state index in [0.29, 0.717) is 0 Å². The van der Waals surface area contributed by atoms with Crippen LogP contribution in [0.15, 0.2) is 75.4 Å². The van der Waals surface area contributed by atoms with Crippen LogP contribution in [0.2, 0.25) is 0 Å². The maximum atomic E-state index is 12.4. The Hall–Kier alpha value is -4.40. The molecule has 0 amide bonds. The number of aromatic nitrogens is 3. The van der Waals surface area contributed by atoms with E-state index in [0.717, 1.165) is 32.8 Å². The van der Waals surface area contributed by atoms with Crippen molar-refractivity contribution in [3.05, 3.63) is 98.3 Å². The molecule has 0 saturated heterocycles. The van der Waals surface area contributed by atoms with Crippen LogP contribution in [0.5, 0.6) is 5.88 Å². The minimum absolute atomic E-state index is 0.0545. The van der Waals surface area contributed by atoms with Crippen molar-refractivity contribution in [1.82, 2.24) is 14.5 Å². The zero-order chi connectivity index (χ0) is 23.4. The average molecular weight is 446 g/mol. The molecule has 4 rings (SSSR count). The van der Waals surface area contributed by atoms with Gasteiger partial charge >= 0.3 is 11.7 Å². The van der Waals surface area contributed by atoms with Crippen molar-refractivity contribution in [3.8, 4) is 5.88 Å². The van der Waals surface area contributed by atoms with E-state index in [1.807, 2.05) is 30.3 Å². The van der Waals surface area contributed by atoms with Crippen LogP contribution in [0.25, 0.3) is 10.9 Å². The Labute approximate surface area is 188 Å². The summed E-state index contributed by atoms with van der Waals surface area (Å²) in [6, 6.07) is 15.7. The van der Waals surface area contributed by atoms with Gasteiger partial charge in [0.2, 0.25) is 5.88 Å². The molecule has 9 nitrogen and oxygen atoms in total. The van der Waals surface area contributed by atoms with Crippen LogP contribution in [0.3, 0.4) is 0 Å². The van der Waals surface area contributed by atoms with Crippen molar-refractivity contribution in [2.45, 2.75) is 19.0 Å². The molecule has 0 saturated carbocycles. The zero-order valence-corrected chi connectivity index (χ0v) is 17.8. The number of nitrogens with one attached hydrogen (secondary N) is 2. The number of ether oxygens (including phenoxy) is 1. The maximum Gasteiger partial charge on any atom is 0.331 e. The van der Waals surface area contributed by atoms with E-state index < -0.39 is 29.1 Å². The van der Waals surface area contributed by atoms with Crippen LogP contribution in [-0.2, 0) is 22.5 Å². The van der Waals surface area contributed by atoms with Gasteiger partial charge in [-0.1, -0.05) is 48.5 Å². The van der Waals surface area contributed by atoms with E-state index in [-0.39, 0.29) is 18.5 Å². The van der Waals surface area contributed by atoms with Crippen molar-refractivity contribution in [1.29, 1.82) is 0 Å². The molecular formula is C24H22N4O5. The number of nitrogens with zero attached hydrogens (tertiary/aromatic N) is 2. The van der Waals surface area contributed by atoms with Crippen LogP contribution in [0, 0.1) is 0 Å². The molecule has 0 radical (unpaired) electrons. The molecule has 0 bridgehead atoms. The molecule has 0 aliphatic heterocycles. The van der Waals surface area contributed by atoms with Crippen molar-refractivity contribution in [2.24, 2.45) is 4.99 Å². The second kappa shape index (κ2) is 9.39. The molecule has 0 aliphatic carbocycles. The molecule has 0 aliphatic rings. The number of H-pyrrole nitrogens is 2. The van der Waals surface area contributed by atoms with E-state index in [9.17, 15) is 19.5 Å². The number of carbonyl (C=O) groups excluding carboxylic acids is 1. The van der Waals surface area contributed by atoms with Gasteiger partial charge in [0.05, 0.1) is 13.7 Å². The monoisotopic (exact) mass is 446 g/mol. The van der Waals surface area contributed by atoms with Crippen molar-refractivity contribution in [3.63, 3.8) is 0 Å². The number of benzene rings is 2. The predicted molar refractivity (Wildman–Crippen MR) is 124 cm³/mol. The summed E-state index contributed by atoms with van der Waals surface area (Å²) in [7, 11) is 1.25. The summed E-state index contributed by atoms with van der Waals surface area (Å²) in [4.78, 5) is 46.6. The van der Waals surface area contributed by atoms with E-state index in [1.54, 1.807) is 30.5 Å². The number of esters is 1. The second-order valence-corrected chi connectivity index (χ2v) is 7.45. The molecule has 2 aromatic carbocycles. The highest BCUT2D eigenvalue weighted by atomic mass is 16.5. The lowest BCUT2D eigenvalue weighted by Gasteiger charge is -2.11. The first-order valence-corrected chi connectivity index (χ1v) is 10.2. The number of methoxy groups -OCH3 is 1. The topological polar surface area (TPSA) is 130 Å². The van der Waals surface area contributed by atoms with Crippen LogP contribution in [0.1, 0.15) is 16.7 Å². The molecule has 2 aromatic heterocycles. The van der Waals surface area contributed by atoms with Gasteiger partial charge in [-0.2, -0.15) is 0 Å². The quantitative estimate of drug-likeness (QED) is 0.295. The van der Waals surface area contributed by atoms with Gasteiger partial charge in [-0.15, -0.1) is 0 Å². The van der Waals surface area contributed by atoms with Gasteiger partial charge in [-0.25, -0.2) is 9.59 Å². The fraction of sp³-hybridized carbons (Fsp3) is 0.167. The molecule has 2 heterocycles. The van der Waals surface area contributed by atoms with Crippen LogP contribution in [-0.4, -0.2) is 45.0 Å². The third-order valence-corrected chi connectivity index (χ3v) is 5.34. The molecular weight excluding hydrogens is 424 g/mol. The SMILES string of the molecule is COC(=O)[C@H](Cc1c[nH]c2ccccc12)N=Cc1c(O)n(Cc2ccccc2)c(=O)[nH]c1=O. The number of aromatic amines is 2. The van der Waals surface area contributed by atoms with Gasteiger partial charge < -0.3 is 14.8 Å². The number of hydrogen-bond donors (Lipinski definition) is 3. The molecule has 168 valence electrons. The predicted octanol–water partition coefficient (Wildman–Crippen LogP) is 1.97. The van der Waals surface area contributed by atoms with Crippen molar-refractivity contribution in [2.75, 3.05) is 7.11 Å². The number of fused-ring (bicyclic) bond motifs is 1. The van der Waals surface area contributed by atoms with E-state index in [4.69, 9.17) is 4.74 Å².